The van der Waals surface area contributed by atoms with Gasteiger partial charge in [0.15, 0.2) is 9.84 Å². The number of H-pyrrole nitrogens is 1. The molecule has 19 heavy (non-hydrogen) atoms. The SMILES string of the molecule is CS(=O)(=O)c1ccc2nc(Cn3cncn3)[nH]c2c1. The molecule has 2 aromatic heterocycles. The van der Waals surface area contributed by atoms with Crippen LogP contribution in [0.4, 0.5) is 0 Å². The molecule has 7 nitrogen and oxygen atoms in total. The number of hydrogen-bond acceptors (Lipinski definition) is 5. The first-order valence-corrected chi connectivity index (χ1v) is 7.42. The molecule has 0 radical (unpaired) electrons. The Morgan fingerprint density at radius 2 is 2.21 bits per heavy atom. The van der Waals surface area contributed by atoms with Crippen LogP contribution in [0.25, 0.3) is 11.0 Å². The standard InChI is InChI=1S/C11H11N5O2S/c1-19(17,18)8-2-3-9-10(4-8)15-11(14-9)5-16-7-12-6-13-16/h2-4,6-7H,5H2,1H3,(H,14,15). The van der Waals surface area contributed by atoms with E-state index in [1.807, 2.05) is 0 Å². The Kier molecular flexibility index (Phi) is 2.59. The maximum Gasteiger partial charge on any atom is 0.175 e. The molecule has 3 rings (SSSR count). The number of hydrogen-bond donors (Lipinski definition) is 1. The molecule has 0 aliphatic carbocycles. The van der Waals surface area contributed by atoms with Crippen LogP contribution in [0.2, 0.25) is 0 Å². The highest BCUT2D eigenvalue weighted by Gasteiger charge is 2.10. The summed E-state index contributed by atoms with van der Waals surface area (Å²) in [6.07, 6.45) is 4.22. The first-order chi connectivity index (χ1) is 9.02. The topological polar surface area (TPSA) is 93.5 Å². The van der Waals surface area contributed by atoms with Gasteiger partial charge in [0, 0.05) is 6.26 Å². The number of aromatic amines is 1. The predicted molar refractivity (Wildman–Crippen MR) is 68.3 cm³/mol. The molecule has 0 aliphatic rings. The summed E-state index contributed by atoms with van der Waals surface area (Å²) in [6.45, 7) is 0.461. The number of rotatable bonds is 3. The third-order valence-corrected chi connectivity index (χ3v) is 3.82. The molecule has 0 unspecified atom stereocenters. The number of nitrogens with one attached hydrogen (secondary N) is 1. The van der Waals surface area contributed by atoms with Crippen LogP contribution in [0, 0.1) is 0 Å². The minimum atomic E-state index is -3.21. The van der Waals surface area contributed by atoms with Crippen LogP contribution in [0.1, 0.15) is 5.82 Å². The minimum Gasteiger partial charge on any atom is -0.340 e. The van der Waals surface area contributed by atoms with E-state index in [0.717, 1.165) is 5.52 Å². The number of aromatic nitrogens is 5. The molecule has 0 atom stereocenters. The summed E-state index contributed by atoms with van der Waals surface area (Å²) in [7, 11) is -3.21. The van der Waals surface area contributed by atoms with Crippen LogP contribution in [0.5, 0.6) is 0 Å². The van der Waals surface area contributed by atoms with Gasteiger partial charge >= 0.3 is 0 Å². The van der Waals surface area contributed by atoms with E-state index in [9.17, 15) is 8.42 Å². The highest BCUT2D eigenvalue weighted by Crippen LogP contribution is 2.17. The van der Waals surface area contributed by atoms with Gasteiger partial charge in [-0.3, -0.25) is 0 Å². The second kappa shape index (κ2) is 4.16. The van der Waals surface area contributed by atoms with Crippen molar-refractivity contribution in [3.8, 4) is 0 Å². The number of nitrogens with zero attached hydrogens (tertiary/aromatic N) is 4. The fraction of sp³-hybridized carbons (Fsp3) is 0.182. The number of fused-ring (bicyclic) bond motifs is 1. The lowest BCUT2D eigenvalue weighted by atomic mass is 10.3. The van der Waals surface area contributed by atoms with Crippen molar-refractivity contribution in [2.45, 2.75) is 11.4 Å². The van der Waals surface area contributed by atoms with Gasteiger partial charge in [-0.2, -0.15) is 5.10 Å². The third-order valence-electron chi connectivity index (χ3n) is 2.71. The Labute approximate surface area is 109 Å². The van der Waals surface area contributed by atoms with Gasteiger partial charge in [0.2, 0.25) is 0 Å². The van der Waals surface area contributed by atoms with Crippen molar-refractivity contribution in [1.29, 1.82) is 0 Å². The van der Waals surface area contributed by atoms with Gasteiger partial charge < -0.3 is 4.98 Å². The molecular weight excluding hydrogens is 266 g/mol. The predicted octanol–water partition coefficient (Wildman–Crippen LogP) is 0.606. The van der Waals surface area contributed by atoms with Gasteiger partial charge in [0.05, 0.1) is 15.9 Å². The van der Waals surface area contributed by atoms with Crippen LogP contribution in [0.15, 0.2) is 35.7 Å². The smallest absolute Gasteiger partial charge is 0.175 e. The molecule has 0 saturated heterocycles. The summed E-state index contributed by atoms with van der Waals surface area (Å²) in [4.78, 5) is 11.6. The average molecular weight is 277 g/mol. The summed E-state index contributed by atoms with van der Waals surface area (Å²) in [6, 6.07) is 4.83. The molecule has 0 saturated carbocycles. The highest BCUT2D eigenvalue weighted by molar-refractivity contribution is 7.90. The zero-order chi connectivity index (χ0) is 13.5. The van der Waals surface area contributed by atoms with Gasteiger partial charge in [0.1, 0.15) is 25.0 Å². The normalized spacial score (nSPS) is 12.1. The summed E-state index contributed by atoms with van der Waals surface area (Å²) in [5.41, 5.74) is 1.42. The van der Waals surface area contributed by atoms with Crippen molar-refractivity contribution >= 4 is 20.9 Å². The third kappa shape index (κ3) is 2.34. The first kappa shape index (κ1) is 11.8. The first-order valence-electron chi connectivity index (χ1n) is 5.53. The van der Waals surface area contributed by atoms with Crippen molar-refractivity contribution in [2.75, 3.05) is 6.26 Å². The van der Waals surface area contributed by atoms with Gasteiger partial charge in [-0.25, -0.2) is 23.1 Å². The monoisotopic (exact) mass is 277 g/mol. The highest BCUT2D eigenvalue weighted by atomic mass is 32.2. The van der Waals surface area contributed by atoms with Crippen molar-refractivity contribution in [1.82, 2.24) is 24.7 Å². The van der Waals surface area contributed by atoms with E-state index in [1.165, 1.54) is 12.6 Å². The Morgan fingerprint density at radius 3 is 2.89 bits per heavy atom. The molecule has 0 amide bonds. The van der Waals surface area contributed by atoms with E-state index >= 15 is 0 Å². The molecule has 1 N–H and O–H groups in total. The van der Waals surface area contributed by atoms with E-state index in [1.54, 1.807) is 29.2 Å². The number of imidazole rings is 1. The molecule has 0 fully saturated rings. The zero-order valence-electron chi connectivity index (χ0n) is 10.1. The van der Waals surface area contributed by atoms with Crippen LogP contribution >= 0.6 is 0 Å². The summed E-state index contributed by atoms with van der Waals surface area (Å²) in [5.74, 6) is 0.700. The van der Waals surface area contributed by atoms with Crippen molar-refractivity contribution in [3.05, 3.63) is 36.7 Å². The number of benzene rings is 1. The van der Waals surface area contributed by atoms with Crippen LogP contribution in [0.3, 0.4) is 0 Å². The van der Waals surface area contributed by atoms with Gasteiger partial charge in [-0.05, 0) is 18.2 Å². The second-order valence-corrected chi connectivity index (χ2v) is 6.24. The Morgan fingerprint density at radius 1 is 1.37 bits per heavy atom. The lowest BCUT2D eigenvalue weighted by Gasteiger charge is -1.96. The maximum absolute atomic E-state index is 11.5. The van der Waals surface area contributed by atoms with E-state index in [-0.39, 0.29) is 4.90 Å². The summed E-state index contributed by atoms with van der Waals surface area (Å²) < 4.78 is 24.6. The van der Waals surface area contributed by atoms with E-state index in [0.29, 0.717) is 17.9 Å². The summed E-state index contributed by atoms with van der Waals surface area (Å²) >= 11 is 0. The van der Waals surface area contributed by atoms with Crippen molar-refractivity contribution < 1.29 is 8.42 Å². The van der Waals surface area contributed by atoms with Crippen molar-refractivity contribution in [2.24, 2.45) is 0 Å². The van der Waals surface area contributed by atoms with E-state index in [4.69, 9.17) is 0 Å². The fourth-order valence-corrected chi connectivity index (χ4v) is 2.46. The zero-order valence-corrected chi connectivity index (χ0v) is 10.9. The van der Waals surface area contributed by atoms with Crippen LogP contribution < -0.4 is 0 Å². The van der Waals surface area contributed by atoms with Crippen molar-refractivity contribution in [3.63, 3.8) is 0 Å². The fourth-order valence-electron chi connectivity index (χ4n) is 1.81. The molecule has 3 aromatic rings. The van der Waals surface area contributed by atoms with Crippen LogP contribution in [-0.4, -0.2) is 39.4 Å². The largest absolute Gasteiger partial charge is 0.340 e. The summed E-state index contributed by atoms with van der Waals surface area (Å²) in [5, 5.41) is 3.99. The lowest BCUT2D eigenvalue weighted by molar-refractivity contribution is 0.602. The number of sulfone groups is 1. The second-order valence-electron chi connectivity index (χ2n) is 4.23. The van der Waals surface area contributed by atoms with E-state index in [2.05, 4.69) is 20.1 Å². The maximum atomic E-state index is 11.5. The Hall–Kier alpha value is -2.22. The molecule has 0 bridgehead atoms. The van der Waals surface area contributed by atoms with Gasteiger partial charge in [-0.1, -0.05) is 0 Å². The molecule has 1 aromatic carbocycles. The molecule has 0 aliphatic heterocycles. The Balaban J connectivity index is 2.01. The quantitative estimate of drug-likeness (QED) is 0.757. The lowest BCUT2D eigenvalue weighted by Crippen LogP contribution is -2.01. The molecule has 98 valence electrons. The molecule has 0 spiro atoms. The van der Waals surface area contributed by atoms with Gasteiger partial charge in [-0.15, -0.1) is 0 Å². The minimum absolute atomic E-state index is 0.274. The molecule has 2 heterocycles. The van der Waals surface area contributed by atoms with E-state index < -0.39 is 9.84 Å². The Bertz CT molecular complexity index is 820. The molecule has 8 heteroatoms. The van der Waals surface area contributed by atoms with Gasteiger partial charge in [0.25, 0.3) is 0 Å². The van der Waals surface area contributed by atoms with Crippen LogP contribution in [-0.2, 0) is 16.4 Å². The molecular formula is C11H11N5O2S. The average Bonchev–Trinajstić information content (AvgIpc) is 2.95.